The molecule has 0 aliphatic heterocycles. The highest BCUT2D eigenvalue weighted by Crippen LogP contribution is 2.21. The van der Waals surface area contributed by atoms with Crippen molar-refractivity contribution in [2.24, 2.45) is 0 Å². The predicted octanol–water partition coefficient (Wildman–Crippen LogP) is 4.97. The van der Waals surface area contributed by atoms with Crippen LogP contribution in [0.2, 0.25) is 0 Å². The van der Waals surface area contributed by atoms with Gasteiger partial charge in [0.15, 0.2) is 0 Å². The van der Waals surface area contributed by atoms with Crippen molar-refractivity contribution in [2.45, 2.75) is 6.92 Å². The summed E-state index contributed by atoms with van der Waals surface area (Å²) in [5, 5.41) is 5.16. The lowest BCUT2D eigenvalue weighted by Crippen LogP contribution is -2.19. The smallest absolute Gasteiger partial charge is 0.323 e. The number of nitrogens with one attached hydrogen (secondary N) is 2. The molecule has 25 heavy (non-hydrogen) atoms. The highest BCUT2D eigenvalue weighted by atomic mass is 19.1. The first-order chi connectivity index (χ1) is 12.1. The van der Waals surface area contributed by atoms with E-state index in [1.807, 2.05) is 31.2 Å². The Bertz CT molecular complexity index is 865. The molecule has 5 nitrogen and oxygen atoms in total. The van der Waals surface area contributed by atoms with Crippen molar-refractivity contribution in [3.05, 3.63) is 78.2 Å². The second-order valence-corrected chi connectivity index (χ2v) is 5.39. The number of urea groups is 1. The van der Waals surface area contributed by atoms with Gasteiger partial charge in [0.05, 0.1) is 11.9 Å². The van der Waals surface area contributed by atoms with Crippen molar-refractivity contribution in [1.82, 2.24) is 4.98 Å². The van der Waals surface area contributed by atoms with Gasteiger partial charge in [-0.05, 0) is 43.3 Å². The van der Waals surface area contributed by atoms with Crippen LogP contribution in [0.5, 0.6) is 11.6 Å². The second kappa shape index (κ2) is 7.44. The molecule has 0 unspecified atom stereocenters. The Morgan fingerprint density at radius 3 is 2.44 bits per heavy atom. The van der Waals surface area contributed by atoms with E-state index in [1.165, 1.54) is 24.4 Å². The average molecular weight is 337 g/mol. The van der Waals surface area contributed by atoms with Crippen LogP contribution >= 0.6 is 0 Å². The zero-order chi connectivity index (χ0) is 17.6. The molecule has 2 amide bonds. The van der Waals surface area contributed by atoms with Crippen molar-refractivity contribution < 1.29 is 13.9 Å². The minimum atomic E-state index is -0.486. The summed E-state index contributed by atoms with van der Waals surface area (Å²) >= 11 is 0. The average Bonchev–Trinajstić information content (AvgIpc) is 2.59. The molecule has 6 heteroatoms. The Balaban J connectivity index is 1.58. The third-order valence-corrected chi connectivity index (χ3v) is 3.32. The molecule has 3 rings (SSSR count). The molecule has 2 aromatic carbocycles. The van der Waals surface area contributed by atoms with Crippen LogP contribution in [0.15, 0.2) is 66.9 Å². The van der Waals surface area contributed by atoms with Gasteiger partial charge in [0, 0.05) is 11.8 Å². The standard InChI is InChI=1S/C19H16FN3O2/c1-13-5-8-17(9-6-13)25-18-10-7-16(12-21-18)23-19(24)22-15-4-2-3-14(20)11-15/h2-12H,1H3,(H2,22,23,24). The number of amides is 2. The van der Waals surface area contributed by atoms with Crippen molar-refractivity contribution >= 4 is 17.4 Å². The fraction of sp³-hybridized carbons (Fsp3) is 0.0526. The molecular formula is C19H16FN3O2. The maximum absolute atomic E-state index is 13.1. The summed E-state index contributed by atoms with van der Waals surface area (Å²) in [6, 6.07) is 16.1. The van der Waals surface area contributed by atoms with E-state index >= 15 is 0 Å². The van der Waals surface area contributed by atoms with Gasteiger partial charge in [-0.3, -0.25) is 0 Å². The zero-order valence-corrected chi connectivity index (χ0v) is 13.5. The number of aryl methyl sites for hydroxylation is 1. The van der Waals surface area contributed by atoms with Crippen LogP contribution in [-0.2, 0) is 0 Å². The molecule has 2 N–H and O–H groups in total. The van der Waals surface area contributed by atoms with Crippen LogP contribution in [-0.4, -0.2) is 11.0 Å². The number of ether oxygens (including phenoxy) is 1. The number of anilines is 2. The molecule has 0 bridgehead atoms. The van der Waals surface area contributed by atoms with Gasteiger partial charge in [-0.15, -0.1) is 0 Å². The molecule has 0 spiro atoms. The van der Waals surface area contributed by atoms with Gasteiger partial charge in [-0.1, -0.05) is 23.8 Å². The largest absolute Gasteiger partial charge is 0.439 e. The Labute approximate surface area is 144 Å². The van der Waals surface area contributed by atoms with E-state index in [1.54, 1.807) is 18.2 Å². The summed E-state index contributed by atoms with van der Waals surface area (Å²) in [6.07, 6.45) is 1.48. The second-order valence-electron chi connectivity index (χ2n) is 5.39. The van der Waals surface area contributed by atoms with E-state index in [-0.39, 0.29) is 0 Å². The lowest BCUT2D eigenvalue weighted by atomic mass is 10.2. The maximum atomic E-state index is 13.1. The number of hydrogen-bond acceptors (Lipinski definition) is 3. The third-order valence-electron chi connectivity index (χ3n) is 3.32. The summed E-state index contributed by atoms with van der Waals surface area (Å²) in [5.74, 6) is 0.680. The monoisotopic (exact) mass is 337 g/mol. The van der Waals surface area contributed by atoms with Crippen molar-refractivity contribution in [3.63, 3.8) is 0 Å². The van der Waals surface area contributed by atoms with Gasteiger partial charge < -0.3 is 15.4 Å². The summed E-state index contributed by atoms with van der Waals surface area (Å²) < 4.78 is 18.7. The van der Waals surface area contributed by atoms with Gasteiger partial charge >= 0.3 is 6.03 Å². The van der Waals surface area contributed by atoms with Crippen molar-refractivity contribution in [2.75, 3.05) is 10.6 Å². The maximum Gasteiger partial charge on any atom is 0.323 e. The topological polar surface area (TPSA) is 63.2 Å². The lowest BCUT2D eigenvalue weighted by molar-refractivity contribution is 0.262. The summed E-state index contributed by atoms with van der Waals surface area (Å²) in [7, 11) is 0. The zero-order valence-electron chi connectivity index (χ0n) is 13.5. The first-order valence-electron chi connectivity index (χ1n) is 7.63. The Hall–Kier alpha value is -3.41. The van der Waals surface area contributed by atoms with Gasteiger partial charge in [0.25, 0.3) is 0 Å². The molecule has 0 atom stereocenters. The minimum Gasteiger partial charge on any atom is -0.439 e. The molecule has 1 heterocycles. The molecule has 1 aromatic heterocycles. The number of carbonyl (C=O) groups is 1. The molecule has 0 saturated carbocycles. The fourth-order valence-corrected chi connectivity index (χ4v) is 2.10. The van der Waals surface area contributed by atoms with Crippen molar-refractivity contribution in [3.8, 4) is 11.6 Å². The van der Waals surface area contributed by atoms with E-state index in [0.29, 0.717) is 23.0 Å². The SMILES string of the molecule is Cc1ccc(Oc2ccc(NC(=O)Nc3cccc(F)c3)cn2)cc1. The number of aromatic nitrogens is 1. The normalized spacial score (nSPS) is 10.2. The van der Waals surface area contributed by atoms with Crippen LogP contribution < -0.4 is 15.4 Å². The number of nitrogens with zero attached hydrogens (tertiary/aromatic N) is 1. The first-order valence-corrected chi connectivity index (χ1v) is 7.63. The van der Waals surface area contributed by atoms with Gasteiger partial charge in [0.2, 0.25) is 5.88 Å². The third kappa shape index (κ3) is 4.78. The van der Waals surface area contributed by atoms with E-state index in [4.69, 9.17) is 4.74 Å². The number of halogens is 1. The predicted molar refractivity (Wildman–Crippen MR) is 94.5 cm³/mol. The van der Waals surface area contributed by atoms with Crippen LogP contribution in [0, 0.1) is 12.7 Å². The minimum absolute atomic E-state index is 0.366. The van der Waals surface area contributed by atoms with Gasteiger partial charge in [-0.2, -0.15) is 0 Å². The Morgan fingerprint density at radius 2 is 1.76 bits per heavy atom. The molecule has 0 fully saturated rings. The van der Waals surface area contributed by atoms with Crippen LogP contribution in [0.4, 0.5) is 20.6 Å². The number of carbonyl (C=O) groups excluding carboxylic acids is 1. The Kier molecular flexibility index (Phi) is 4.89. The van der Waals surface area contributed by atoms with E-state index in [0.717, 1.165) is 5.56 Å². The molecule has 126 valence electrons. The van der Waals surface area contributed by atoms with Crippen LogP contribution in [0.1, 0.15) is 5.56 Å². The van der Waals surface area contributed by atoms with Crippen LogP contribution in [0.25, 0.3) is 0 Å². The molecule has 3 aromatic rings. The number of benzene rings is 2. The van der Waals surface area contributed by atoms with Gasteiger partial charge in [0.1, 0.15) is 11.6 Å². The highest BCUT2D eigenvalue weighted by molar-refractivity contribution is 5.99. The molecule has 0 aliphatic rings. The summed E-state index contributed by atoms with van der Waals surface area (Å²) in [4.78, 5) is 16.0. The first kappa shape index (κ1) is 16.4. The number of rotatable bonds is 4. The van der Waals surface area contributed by atoms with Crippen molar-refractivity contribution in [1.29, 1.82) is 0 Å². The fourth-order valence-electron chi connectivity index (χ4n) is 2.10. The molecule has 0 aliphatic carbocycles. The molecule has 0 radical (unpaired) electrons. The van der Waals surface area contributed by atoms with Gasteiger partial charge in [-0.25, -0.2) is 14.2 Å². The Morgan fingerprint density at radius 1 is 1.00 bits per heavy atom. The molecular weight excluding hydrogens is 321 g/mol. The summed E-state index contributed by atoms with van der Waals surface area (Å²) in [6.45, 7) is 2.00. The quantitative estimate of drug-likeness (QED) is 0.707. The van der Waals surface area contributed by atoms with E-state index in [2.05, 4.69) is 15.6 Å². The highest BCUT2D eigenvalue weighted by Gasteiger charge is 2.05. The number of pyridine rings is 1. The molecule has 0 saturated heterocycles. The van der Waals surface area contributed by atoms with Crippen LogP contribution in [0.3, 0.4) is 0 Å². The van der Waals surface area contributed by atoms with E-state index in [9.17, 15) is 9.18 Å². The summed E-state index contributed by atoms with van der Waals surface area (Å²) in [5.41, 5.74) is 2.00. The van der Waals surface area contributed by atoms with E-state index < -0.39 is 11.8 Å². The lowest BCUT2D eigenvalue weighted by Gasteiger charge is -2.09. The number of hydrogen-bond donors (Lipinski definition) is 2.